The first kappa shape index (κ1) is 20.5. The average Bonchev–Trinajstić information content (AvgIpc) is 3.50. The summed E-state index contributed by atoms with van der Waals surface area (Å²) in [6.45, 7) is 1.69. The van der Waals surface area contributed by atoms with Gasteiger partial charge in [-0.25, -0.2) is 0 Å². The first-order valence-electron chi connectivity index (χ1n) is 9.69. The molecule has 1 amide bonds. The van der Waals surface area contributed by atoms with Gasteiger partial charge in [0.05, 0.1) is 16.5 Å². The van der Waals surface area contributed by atoms with E-state index in [1.54, 1.807) is 31.2 Å². The van der Waals surface area contributed by atoms with Crippen molar-refractivity contribution in [3.8, 4) is 0 Å². The van der Waals surface area contributed by atoms with Gasteiger partial charge < -0.3 is 9.52 Å². The molecule has 3 heterocycles. The third-order valence-electron chi connectivity index (χ3n) is 5.22. The maximum absolute atomic E-state index is 13.5. The van der Waals surface area contributed by atoms with Crippen molar-refractivity contribution in [2.24, 2.45) is 0 Å². The van der Waals surface area contributed by atoms with Gasteiger partial charge in [-0.2, -0.15) is 0 Å². The molecule has 4 aromatic rings. The highest BCUT2D eigenvalue weighted by Gasteiger charge is 2.47. The first-order valence-corrected chi connectivity index (χ1v) is 10.5. The molecule has 11 heteroatoms. The molecule has 5 rings (SSSR count). The second kappa shape index (κ2) is 7.64. The summed E-state index contributed by atoms with van der Waals surface area (Å²) in [7, 11) is 0. The number of nitro groups is 1. The van der Waals surface area contributed by atoms with Gasteiger partial charge in [-0.05, 0) is 24.6 Å². The van der Waals surface area contributed by atoms with Gasteiger partial charge in [0.15, 0.2) is 11.5 Å². The molecule has 164 valence electrons. The van der Waals surface area contributed by atoms with Crippen molar-refractivity contribution in [1.82, 2.24) is 10.2 Å². The number of carbonyl (C=O) groups excluding carboxylic acids is 2. The van der Waals surface area contributed by atoms with E-state index < -0.39 is 28.4 Å². The van der Waals surface area contributed by atoms with Crippen LogP contribution in [0.1, 0.15) is 27.2 Å². The van der Waals surface area contributed by atoms with Crippen molar-refractivity contribution in [3.63, 3.8) is 0 Å². The van der Waals surface area contributed by atoms with Crippen molar-refractivity contribution in [3.05, 3.63) is 92.4 Å². The Labute approximate surface area is 189 Å². The molecule has 1 aliphatic heterocycles. The summed E-state index contributed by atoms with van der Waals surface area (Å²) in [6.07, 6.45) is 0. The van der Waals surface area contributed by atoms with Gasteiger partial charge in [-0.3, -0.25) is 24.6 Å². The molecule has 0 saturated carbocycles. The van der Waals surface area contributed by atoms with Crippen LogP contribution in [-0.4, -0.2) is 31.9 Å². The van der Waals surface area contributed by atoms with Crippen LogP contribution < -0.4 is 4.90 Å². The van der Waals surface area contributed by atoms with Crippen molar-refractivity contribution in [1.29, 1.82) is 0 Å². The molecular formula is C22H14N4O6S. The molecule has 0 bridgehead atoms. The largest absolute Gasteiger partial charge is 0.503 e. The quantitative estimate of drug-likeness (QED) is 0.263. The zero-order chi connectivity index (χ0) is 23.3. The van der Waals surface area contributed by atoms with Gasteiger partial charge in [-0.1, -0.05) is 41.7 Å². The van der Waals surface area contributed by atoms with E-state index in [1.807, 2.05) is 0 Å². The summed E-state index contributed by atoms with van der Waals surface area (Å²) in [5, 5.41) is 31.4. The molecule has 0 saturated heterocycles. The summed E-state index contributed by atoms with van der Waals surface area (Å²) < 4.78 is 5.66. The molecular weight excluding hydrogens is 448 g/mol. The number of hydrogen-bond acceptors (Lipinski definition) is 9. The number of furan rings is 1. The Balaban J connectivity index is 1.68. The number of aliphatic hydroxyl groups excluding tert-OH is 1. The van der Waals surface area contributed by atoms with Gasteiger partial charge in [0.1, 0.15) is 10.6 Å². The molecule has 33 heavy (non-hydrogen) atoms. The van der Waals surface area contributed by atoms with Gasteiger partial charge in [-0.15, -0.1) is 10.2 Å². The molecule has 1 N–H and O–H groups in total. The number of anilines is 1. The minimum absolute atomic E-state index is 0.0729. The number of amides is 1. The van der Waals surface area contributed by atoms with Crippen LogP contribution in [0.2, 0.25) is 0 Å². The van der Waals surface area contributed by atoms with Gasteiger partial charge in [0, 0.05) is 17.5 Å². The smallest absolute Gasteiger partial charge is 0.296 e. The summed E-state index contributed by atoms with van der Waals surface area (Å²) >= 11 is 1.09. The first-order chi connectivity index (χ1) is 15.8. The van der Waals surface area contributed by atoms with Crippen LogP contribution in [0.25, 0.3) is 11.0 Å². The second-order valence-electron chi connectivity index (χ2n) is 7.27. The van der Waals surface area contributed by atoms with Crippen molar-refractivity contribution in [2.45, 2.75) is 13.0 Å². The number of hydrogen-bond donors (Lipinski definition) is 1. The van der Waals surface area contributed by atoms with E-state index in [9.17, 15) is 24.8 Å². The highest BCUT2D eigenvalue weighted by molar-refractivity contribution is 7.15. The van der Waals surface area contributed by atoms with E-state index in [2.05, 4.69) is 10.2 Å². The number of carbonyl (C=O) groups is 2. The maximum atomic E-state index is 13.5. The topological polar surface area (TPSA) is 140 Å². The van der Waals surface area contributed by atoms with E-state index in [-0.39, 0.29) is 27.7 Å². The molecule has 2 aromatic carbocycles. The summed E-state index contributed by atoms with van der Waals surface area (Å²) in [5.41, 5.74) is 0.241. The number of nitro benzene ring substituents is 1. The number of aliphatic hydroxyl groups is 1. The Morgan fingerprint density at radius 2 is 1.97 bits per heavy atom. The van der Waals surface area contributed by atoms with Crippen LogP contribution in [0.4, 0.5) is 10.8 Å². The summed E-state index contributed by atoms with van der Waals surface area (Å²) in [6, 6.07) is 12.9. The predicted octanol–water partition coefficient (Wildman–Crippen LogP) is 4.28. The highest BCUT2D eigenvalue weighted by Crippen LogP contribution is 2.43. The molecule has 1 aliphatic rings. The number of rotatable bonds is 5. The molecule has 0 unspecified atom stereocenters. The minimum Gasteiger partial charge on any atom is -0.503 e. The molecule has 2 aromatic heterocycles. The number of non-ortho nitro benzene ring substituents is 1. The fourth-order valence-corrected chi connectivity index (χ4v) is 4.48. The van der Waals surface area contributed by atoms with E-state index in [0.717, 1.165) is 16.2 Å². The summed E-state index contributed by atoms with van der Waals surface area (Å²) in [4.78, 5) is 38.5. The van der Waals surface area contributed by atoms with Crippen LogP contribution in [0.5, 0.6) is 0 Å². The third kappa shape index (κ3) is 3.34. The summed E-state index contributed by atoms with van der Waals surface area (Å²) in [5.74, 6) is -2.42. The van der Waals surface area contributed by atoms with Crippen molar-refractivity contribution in [2.75, 3.05) is 4.90 Å². The van der Waals surface area contributed by atoms with Gasteiger partial charge >= 0.3 is 0 Å². The Hall–Kier alpha value is -4.38. The molecule has 0 radical (unpaired) electrons. The van der Waals surface area contributed by atoms with E-state index >= 15 is 0 Å². The fraction of sp³-hybridized carbons (Fsp3) is 0.0909. The predicted molar refractivity (Wildman–Crippen MR) is 118 cm³/mol. The SMILES string of the molecule is Cc1nnc(N2C(=O)C(O)=C(C(=O)c3cc4ccccc4o3)[C@@H]2c2cccc([N+](=O)[O-])c2)s1. The monoisotopic (exact) mass is 462 g/mol. The number of benzene rings is 2. The maximum Gasteiger partial charge on any atom is 0.296 e. The zero-order valence-electron chi connectivity index (χ0n) is 17.0. The van der Waals surface area contributed by atoms with E-state index in [4.69, 9.17) is 4.42 Å². The zero-order valence-corrected chi connectivity index (χ0v) is 17.8. The Kier molecular flexibility index (Phi) is 4.75. The normalized spacial score (nSPS) is 16.1. The molecule has 0 fully saturated rings. The number of aryl methyl sites for hydroxylation is 1. The van der Waals surface area contributed by atoms with Crippen LogP contribution in [0.3, 0.4) is 0 Å². The highest BCUT2D eigenvalue weighted by atomic mass is 32.1. The lowest BCUT2D eigenvalue weighted by atomic mass is 9.95. The second-order valence-corrected chi connectivity index (χ2v) is 8.43. The molecule has 10 nitrogen and oxygen atoms in total. The lowest BCUT2D eigenvalue weighted by molar-refractivity contribution is -0.384. The standard InChI is InChI=1S/C22H14N4O6S/c1-11-23-24-22(33-11)25-18(13-6-4-7-14(9-13)26(30)31)17(20(28)21(25)29)19(27)16-10-12-5-2-3-8-15(12)32-16/h2-10,18,28H,1H3/t18-/m0/s1. The Morgan fingerprint density at radius 1 is 1.18 bits per heavy atom. The van der Waals surface area contributed by atoms with Crippen LogP contribution in [0.15, 0.2) is 70.3 Å². The number of ketones is 1. The number of Topliss-reactive ketones (excluding diaryl/α,β-unsaturated/α-hetero) is 1. The molecule has 1 atom stereocenters. The Bertz CT molecular complexity index is 1450. The van der Waals surface area contributed by atoms with Crippen LogP contribution in [-0.2, 0) is 4.79 Å². The number of para-hydroxylation sites is 1. The van der Waals surface area contributed by atoms with Crippen LogP contribution >= 0.6 is 11.3 Å². The van der Waals surface area contributed by atoms with Crippen LogP contribution in [0, 0.1) is 17.0 Å². The Morgan fingerprint density at radius 3 is 2.67 bits per heavy atom. The fourth-order valence-electron chi connectivity index (χ4n) is 3.77. The lowest BCUT2D eigenvalue weighted by Gasteiger charge is -2.23. The third-order valence-corrected chi connectivity index (χ3v) is 6.06. The number of fused-ring (bicyclic) bond motifs is 1. The lowest BCUT2D eigenvalue weighted by Crippen LogP contribution is -2.31. The molecule has 0 spiro atoms. The van der Waals surface area contributed by atoms with E-state index in [0.29, 0.717) is 16.0 Å². The van der Waals surface area contributed by atoms with E-state index in [1.165, 1.54) is 30.3 Å². The number of nitrogens with zero attached hydrogens (tertiary/aromatic N) is 4. The van der Waals surface area contributed by atoms with Crippen molar-refractivity contribution < 1.29 is 24.0 Å². The minimum atomic E-state index is -1.16. The van der Waals surface area contributed by atoms with Crippen molar-refractivity contribution >= 4 is 44.8 Å². The molecule has 0 aliphatic carbocycles. The average molecular weight is 462 g/mol. The van der Waals surface area contributed by atoms with Gasteiger partial charge in [0.2, 0.25) is 10.9 Å². The van der Waals surface area contributed by atoms with Gasteiger partial charge in [0.25, 0.3) is 11.6 Å². The number of aromatic nitrogens is 2.